The number of nitrogens with one attached hydrogen (secondary N) is 1. The minimum atomic E-state index is -3.40. The van der Waals surface area contributed by atoms with Crippen LogP contribution in [-0.4, -0.2) is 39.3 Å². The first-order valence-corrected chi connectivity index (χ1v) is 7.73. The smallest absolute Gasteiger partial charge is 0.242 e. The lowest BCUT2D eigenvalue weighted by Gasteiger charge is -2.15. The molecule has 0 fully saturated rings. The van der Waals surface area contributed by atoms with Crippen LogP contribution in [0.3, 0.4) is 0 Å². The average molecular weight is 299 g/mol. The second kappa shape index (κ2) is 6.83. The average Bonchev–Trinajstić information content (AvgIpc) is 2.38. The molecular weight excluding hydrogens is 278 g/mol. The number of hydrogen-bond donors (Lipinski definition) is 2. The summed E-state index contributed by atoms with van der Waals surface area (Å²) < 4.78 is 25.0. The van der Waals surface area contributed by atoms with Gasteiger partial charge in [0.2, 0.25) is 15.9 Å². The molecule has 20 heavy (non-hydrogen) atoms. The van der Waals surface area contributed by atoms with Gasteiger partial charge in [-0.1, -0.05) is 12.1 Å². The Labute approximate surface area is 120 Å². The van der Waals surface area contributed by atoms with E-state index in [0.29, 0.717) is 6.54 Å². The summed E-state index contributed by atoms with van der Waals surface area (Å²) in [6, 6.07) is 6.70. The van der Waals surface area contributed by atoms with Crippen molar-refractivity contribution < 1.29 is 13.2 Å². The van der Waals surface area contributed by atoms with E-state index >= 15 is 0 Å². The molecule has 1 atom stereocenters. The first-order chi connectivity index (χ1) is 9.25. The van der Waals surface area contributed by atoms with Gasteiger partial charge in [-0.25, -0.2) is 12.7 Å². The molecule has 0 aliphatic carbocycles. The Balaban J connectivity index is 2.74. The lowest BCUT2D eigenvalue weighted by molar-refractivity contribution is -0.117. The van der Waals surface area contributed by atoms with Crippen LogP contribution in [0.15, 0.2) is 29.2 Å². The van der Waals surface area contributed by atoms with E-state index < -0.39 is 10.0 Å². The lowest BCUT2D eigenvalue weighted by atomic mass is 10.1. The summed E-state index contributed by atoms with van der Waals surface area (Å²) in [7, 11) is -0.401. The summed E-state index contributed by atoms with van der Waals surface area (Å²) in [5.41, 5.74) is 6.01. The zero-order valence-corrected chi connectivity index (χ0v) is 12.8. The Morgan fingerprint density at radius 2 is 1.85 bits per heavy atom. The van der Waals surface area contributed by atoms with E-state index in [-0.39, 0.29) is 23.3 Å². The van der Waals surface area contributed by atoms with Gasteiger partial charge in [-0.15, -0.1) is 0 Å². The van der Waals surface area contributed by atoms with Crippen molar-refractivity contribution in [3.05, 3.63) is 29.8 Å². The summed E-state index contributed by atoms with van der Waals surface area (Å²) >= 11 is 0. The number of carbonyl (C=O) groups excluding carboxylic acids is 1. The van der Waals surface area contributed by atoms with Crippen LogP contribution in [0, 0.1) is 0 Å². The van der Waals surface area contributed by atoms with E-state index in [9.17, 15) is 13.2 Å². The van der Waals surface area contributed by atoms with Gasteiger partial charge in [-0.05, 0) is 24.6 Å². The molecule has 1 amide bonds. The van der Waals surface area contributed by atoms with Gasteiger partial charge in [0.05, 0.1) is 4.90 Å². The highest BCUT2D eigenvalue weighted by atomic mass is 32.2. The first-order valence-electron chi connectivity index (χ1n) is 6.29. The van der Waals surface area contributed by atoms with Crippen molar-refractivity contribution in [2.45, 2.75) is 24.3 Å². The molecule has 0 radical (unpaired) electrons. The van der Waals surface area contributed by atoms with Crippen LogP contribution in [0.25, 0.3) is 0 Å². The molecule has 0 heterocycles. The van der Waals surface area contributed by atoms with Gasteiger partial charge >= 0.3 is 0 Å². The van der Waals surface area contributed by atoms with E-state index in [1.54, 1.807) is 24.3 Å². The SMILES string of the molecule is CC(NCCC(N)=O)c1ccc(S(=O)(=O)N(C)C)cc1. The molecule has 1 aromatic rings. The third-order valence-electron chi connectivity index (χ3n) is 2.98. The van der Waals surface area contributed by atoms with Crippen LogP contribution in [0.1, 0.15) is 24.9 Å². The molecule has 0 saturated carbocycles. The Kier molecular flexibility index (Phi) is 5.67. The van der Waals surface area contributed by atoms with Crippen molar-refractivity contribution in [2.75, 3.05) is 20.6 Å². The zero-order valence-electron chi connectivity index (χ0n) is 12.0. The molecule has 0 aromatic heterocycles. The third-order valence-corrected chi connectivity index (χ3v) is 4.81. The monoisotopic (exact) mass is 299 g/mol. The highest BCUT2D eigenvalue weighted by Crippen LogP contribution is 2.18. The molecular formula is C13H21N3O3S. The molecule has 0 aliphatic heterocycles. The van der Waals surface area contributed by atoms with Crippen molar-refractivity contribution in [1.29, 1.82) is 0 Å². The van der Waals surface area contributed by atoms with E-state index in [1.807, 2.05) is 6.92 Å². The molecule has 0 spiro atoms. The Morgan fingerprint density at radius 3 is 2.30 bits per heavy atom. The molecule has 1 aromatic carbocycles. The zero-order chi connectivity index (χ0) is 15.3. The number of rotatable bonds is 7. The fraction of sp³-hybridized carbons (Fsp3) is 0.462. The van der Waals surface area contributed by atoms with Crippen LogP contribution >= 0.6 is 0 Å². The van der Waals surface area contributed by atoms with E-state index in [2.05, 4.69) is 5.32 Å². The second-order valence-corrected chi connectivity index (χ2v) is 6.90. The van der Waals surface area contributed by atoms with Gasteiger partial charge in [0.15, 0.2) is 0 Å². The number of nitrogens with two attached hydrogens (primary N) is 1. The number of hydrogen-bond acceptors (Lipinski definition) is 4. The molecule has 3 N–H and O–H groups in total. The van der Waals surface area contributed by atoms with Crippen LogP contribution < -0.4 is 11.1 Å². The standard InChI is InChI=1S/C13H21N3O3S/c1-10(15-9-8-13(14)17)11-4-6-12(7-5-11)20(18,19)16(2)3/h4-7,10,15H,8-9H2,1-3H3,(H2,14,17). The minimum absolute atomic E-state index is 0.0189. The molecule has 1 rings (SSSR count). The fourth-order valence-corrected chi connectivity index (χ4v) is 2.57. The molecule has 6 nitrogen and oxygen atoms in total. The number of amides is 1. The highest BCUT2D eigenvalue weighted by Gasteiger charge is 2.17. The number of nitrogens with zero attached hydrogens (tertiary/aromatic N) is 1. The van der Waals surface area contributed by atoms with Gasteiger partial charge in [-0.2, -0.15) is 0 Å². The summed E-state index contributed by atoms with van der Waals surface area (Å²) in [6.45, 7) is 2.44. The normalized spacial score (nSPS) is 13.4. The molecule has 7 heteroatoms. The maximum atomic E-state index is 11.9. The quantitative estimate of drug-likeness (QED) is 0.765. The fourth-order valence-electron chi connectivity index (χ4n) is 1.67. The van der Waals surface area contributed by atoms with Gasteiger partial charge in [0.1, 0.15) is 0 Å². The highest BCUT2D eigenvalue weighted by molar-refractivity contribution is 7.89. The summed E-state index contributed by atoms with van der Waals surface area (Å²) in [4.78, 5) is 10.9. The number of sulfonamides is 1. The number of benzene rings is 1. The maximum absolute atomic E-state index is 11.9. The topological polar surface area (TPSA) is 92.5 Å². The molecule has 112 valence electrons. The van der Waals surface area contributed by atoms with Crippen molar-refractivity contribution in [3.63, 3.8) is 0 Å². The lowest BCUT2D eigenvalue weighted by Crippen LogP contribution is -2.25. The van der Waals surface area contributed by atoms with Crippen LogP contribution in [0.4, 0.5) is 0 Å². The maximum Gasteiger partial charge on any atom is 0.242 e. The molecule has 0 saturated heterocycles. The first kappa shape index (κ1) is 16.6. The van der Waals surface area contributed by atoms with E-state index in [4.69, 9.17) is 5.73 Å². The Bertz CT molecular complexity index is 553. The van der Waals surface area contributed by atoms with E-state index in [1.165, 1.54) is 18.4 Å². The van der Waals surface area contributed by atoms with Crippen molar-refractivity contribution in [2.24, 2.45) is 5.73 Å². The van der Waals surface area contributed by atoms with Gasteiger partial charge in [0.25, 0.3) is 0 Å². The summed E-state index contributed by atoms with van der Waals surface area (Å²) in [6.07, 6.45) is 0.275. The molecule has 0 bridgehead atoms. The molecule has 0 aliphatic rings. The van der Waals surface area contributed by atoms with Gasteiger partial charge in [0, 0.05) is 33.1 Å². The predicted octanol–water partition coefficient (Wildman–Crippen LogP) is 0.463. The minimum Gasteiger partial charge on any atom is -0.370 e. The van der Waals surface area contributed by atoms with E-state index in [0.717, 1.165) is 5.56 Å². The largest absolute Gasteiger partial charge is 0.370 e. The third kappa shape index (κ3) is 4.29. The van der Waals surface area contributed by atoms with Crippen LogP contribution in [0.5, 0.6) is 0 Å². The Hall–Kier alpha value is -1.44. The predicted molar refractivity (Wildman–Crippen MR) is 77.5 cm³/mol. The van der Waals surface area contributed by atoms with Crippen molar-refractivity contribution in [3.8, 4) is 0 Å². The van der Waals surface area contributed by atoms with Gasteiger partial charge < -0.3 is 11.1 Å². The number of primary amides is 1. The van der Waals surface area contributed by atoms with Crippen LogP contribution in [-0.2, 0) is 14.8 Å². The number of carbonyl (C=O) groups is 1. The van der Waals surface area contributed by atoms with Crippen LogP contribution in [0.2, 0.25) is 0 Å². The van der Waals surface area contributed by atoms with Crippen molar-refractivity contribution in [1.82, 2.24) is 9.62 Å². The summed E-state index contributed by atoms with van der Waals surface area (Å²) in [5.74, 6) is -0.350. The van der Waals surface area contributed by atoms with Gasteiger partial charge in [-0.3, -0.25) is 4.79 Å². The van der Waals surface area contributed by atoms with Crippen molar-refractivity contribution >= 4 is 15.9 Å². The molecule has 1 unspecified atom stereocenters. The summed E-state index contributed by atoms with van der Waals surface area (Å²) in [5, 5.41) is 3.15. The Morgan fingerprint density at radius 1 is 1.30 bits per heavy atom. The second-order valence-electron chi connectivity index (χ2n) is 4.75.